The number of amides is 1. The Morgan fingerprint density at radius 1 is 0.878 bits per heavy atom. The first-order chi connectivity index (χ1) is 19.2. The monoisotopic (exact) mass is 569 g/mol. The van der Waals surface area contributed by atoms with E-state index in [1.165, 1.54) is 30.5 Å². The molecule has 5 aromatic rings. The third-order valence-electron chi connectivity index (χ3n) is 6.32. The van der Waals surface area contributed by atoms with Crippen molar-refractivity contribution in [2.45, 2.75) is 26.2 Å². The number of hydrogen-bond acceptors (Lipinski definition) is 8. The van der Waals surface area contributed by atoms with E-state index in [4.69, 9.17) is 14.5 Å². The molecule has 208 valence electrons. The van der Waals surface area contributed by atoms with Crippen LogP contribution in [0.5, 0.6) is 11.5 Å². The van der Waals surface area contributed by atoms with Crippen LogP contribution in [-0.2, 0) is 10.0 Å². The number of pyridine rings is 1. The molecule has 11 heteroatoms. The maximum Gasteiger partial charge on any atom is 0.264 e. The van der Waals surface area contributed by atoms with Crippen molar-refractivity contribution >= 4 is 38.5 Å². The Morgan fingerprint density at radius 2 is 1.66 bits per heavy atom. The number of benzene rings is 3. The number of hydrogen-bond donors (Lipinski definition) is 2. The molecule has 0 aliphatic carbocycles. The van der Waals surface area contributed by atoms with Gasteiger partial charge in [0.05, 0.1) is 21.7 Å². The molecule has 0 bridgehead atoms. The molecule has 6 rings (SSSR count). The predicted molar refractivity (Wildman–Crippen MR) is 157 cm³/mol. The van der Waals surface area contributed by atoms with Gasteiger partial charge in [0.15, 0.2) is 11.5 Å². The number of ether oxygens (including phenoxy) is 2. The van der Waals surface area contributed by atoms with E-state index < -0.39 is 10.0 Å². The van der Waals surface area contributed by atoms with Crippen molar-refractivity contribution in [1.82, 2.24) is 15.0 Å². The largest absolute Gasteiger partial charge is 0.454 e. The van der Waals surface area contributed by atoms with E-state index >= 15 is 0 Å². The molecule has 2 N–H and O–H groups in total. The van der Waals surface area contributed by atoms with Crippen LogP contribution in [0.3, 0.4) is 0 Å². The molecule has 41 heavy (non-hydrogen) atoms. The van der Waals surface area contributed by atoms with Gasteiger partial charge in [0.25, 0.3) is 15.9 Å². The molecule has 0 fully saturated rings. The lowest BCUT2D eigenvalue weighted by Crippen LogP contribution is -2.16. The third kappa shape index (κ3) is 5.66. The van der Waals surface area contributed by atoms with Crippen LogP contribution in [0, 0.1) is 13.8 Å². The van der Waals surface area contributed by atoms with Crippen molar-refractivity contribution < 1.29 is 22.7 Å². The SMILES string of the molecule is C.Cc1ccc2nc(-c3ccc4c(c3)OCO4)cc(C(=O)Nc3ccc(S(=O)(=O)Nc4nccc(C)n4)cc3)c2c1. The second kappa shape index (κ2) is 10.9. The number of nitrogens with zero attached hydrogens (tertiary/aromatic N) is 3. The maximum absolute atomic E-state index is 13.5. The Balaban J connectivity index is 0.00000337. The topological polar surface area (TPSA) is 132 Å². The van der Waals surface area contributed by atoms with Crippen molar-refractivity contribution in [3.63, 3.8) is 0 Å². The Kier molecular flexibility index (Phi) is 7.29. The minimum Gasteiger partial charge on any atom is -0.454 e. The second-order valence-corrected chi connectivity index (χ2v) is 10.9. The Hall–Kier alpha value is -5.03. The number of aryl methyl sites for hydroxylation is 2. The van der Waals surface area contributed by atoms with E-state index in [2.05, 4.69) is 20.0 Å². The molecule has 10 nitrogen and oxygen atoms in total. The average molecular weight is 570 g/mol. The first-order valence-electron chi connectivity index (χ1n) is 12.3. The van der Waals surface area contributed by atoms with Crippen LogP contribution in [-0.4, -0.2) is 36.1 Å². The summed E-state index contributed by atoms with van der Waals surface area (Å²) in [6.07, 6.45) is 1.47. The van der Waals surface area contributed by atoms with Crippen LogP contribution in [0.25, 0.3) is 22.2 Å². The molecular formula is C30H27N5O5S. The summed E-state index contributed by atoms with van der Waals surface area (Å²) < 4.78 is 38.9. The fourth-order valence-electron chi connectivity index (χ4n) is 4.32. The number of aromatic nitrogens is 3. The van der Waals surface area contributed by atoms with Gasteiger partial charge in [-0.1, -0.05) is 19.1 Å². The molecule has 0 atom stereocenters. The van der Waals surface area contributed by atoms with Crippen molar-refractivity contribution in [3.8, 4) is 22.8 Å². The van der Waals surface area contributed by atoms with Gasteiger partial charge in [-0.25, -0.2) is 28.1 Å². The molecule has 0 radical (unpaired) electrons. The standard InChI is InChI=1S/C29H23N5O5S.CH4/c1-17-3-9-24-22(13-17)23(15-25(33-24)19-4-10-26-27(14-19)39-16-38-26)28(35)32-20-5-7-21(8-6-20)40(36,37)34-29-30-12-11-18(2)31-29;/h3-15H,16H2,1-2H3,(H,32,35)(H,30,31,34);1H4. The van der Waals surface area contributed by atoms with Gasteiger partial charge >= 0.3 is 0 Å². The lowest BCUT2D eigenvalue weighted by Gasteiger charge is -2.12. The average Bonchev–Trinajstić information content (AvgIpc) is 3.41. The molecule has 0 unspecified atom stereocenters. The first kappa shape index (κ1) is 27.5. The van der Waals surface area contributed by atoms with Gasteiger partial charge in [-0.3, -0.25) is 4.79 Å². The van der Waals surface area contributed by atoms with Crippen LogP contribution in [0.4, 0.5) is 11.6 Å². The Labute approximate surface area is 237 Å². The summed E-state index contributed by atoms with van der Waals surface area (Å²) in [5.74, 6) is 0.899. The van der Waals surface area contributed by atoms with Gasteiger partial charge in [-0.15, -0.1) is 0 Å². The molecule has 3 aromatic carbocycles. The zero-order chi connectivity index (χ0) is 27.9. The van der Waals surface area contributed by atoms with Crippen molar-refractivity contribution in [3.05, 3.63) is 95.8 Å². The number of carbonyl (C=O) groups is 1. The number of nitrogens with one attached hydrogen (secondary N) is 2. The van der Waals surface area contributed by atoms with Crippen LogP contribution in [0.15, 0.2) is 83.9 Å². The normalized spacial score (nSPS) is 12.0. The van der Waals surface area contributed by atoms with Crippen molar-refractivity contribution in [2.75, 3.05) is 16.8 Å². The number of anilines is 2. The van der Waals surface area contributed by atoms with E-state index in [1.807, 2.05) is 43.3 Å². The zero-order valence-corrected chi connectivity index (χ0v) is 22.3. The van der Waals surface area contributed by atoms with Gasteiger partial charge in [-0.2, -0.15) is 0 Å². The van der Waals surface area contributed by atoms with Crippen LogP contribution in [0.2, 0.25) is 0 Å². The molecule has 0 saturated carbocycles. The summed E-state index contributed by atoms with van der Waals surface area (Å²) in [6, 6.07) is 20.5. The highest BCUT2D eigenvalue weighted by atomic mass is 32.2. The summed E-state index contributed by atoms with van der Waals surface area (Å²) in [5, 5.41) is 3.57. The minimum atomic E-state index is -3.92. The van der Waals surface area contributed by atoms with E-state index in [0.29, 0.717) is 45.0 Å². The zero-order valence-electron chi connectivity index (χ0n) is 21.5. The molecule has 3 heterocycles. The van der Waals surface area contributed by atoms with Crippen molar-refractivity contribution in [2.24, 2.45) is 0 Å². The fraction of sp³-hybridized carbons (Fsp3) is 0.133. The Morgan fingerprint density at radius 3 is 2.44 bits per heavy atom. The summed E-state index contributed by atoms with van der Waals surface area (Å²) in [7, 11) is -3.92. The number of carbonyl (C=O) groups excluding carboxylic acids is 1. The minimum absolute atomic E-state index is 0. The molecule has 0 saturated heterocycles. The smallest absolute Gasteiger partial charge is 0.264 e. The lowest BCUT2D eigenvalue weighted by atomic mass is 10.0. The summed E-state index contributed by atoms with van der Waals surface area (Å²) in [4.78, 5) is 26.3. The summed E-state index contributed by atoms with van der Waals surface area (Å²) in [6.45, 7) is 3.84. The Bertz CT molecular complexity index is 1890. The highest BCUT2D eigenvalue weighted by Crippen LogP contribution is 2.36. The van der Waals surface area contributed by atoms with Gasteiger partial charge < -0.3 is 14.8 Å². The van der Waals surface area contributed by atoms with E-state index in [1.54, 1.807) is 19.1 Å². The second-order valence-electron chi connectivity index (χ2n) is 9.25. The molecule has 1 amide bonds. The molecule has 0 spiro atoms. The number of rotatable bonds is 6. The van der Waals surface area contributed by atoms with E-state index in [9.17, 15) is 13.2 Å². The van der Waals surface area contributed by atoms with Crippen LogP contribution < -0.4 is 19.5 Å². The number of fused-ring (bicyclic) bond motifs is 2. The van der Waals surface area contributed by atoms with Gasteiger partial charge in [0.2, 0.25) is 12.7 Å². The number of sulfonamides is 1. The predicted octanol–water partition coefficient (Wildman–Crippen LogP) is 5.73. The van der Waals surface area contributed by atoms with Crippen molar-refractivity contribution in [1.29, 1.82) is 0 Å². The van der Waals surface area contributed by atoms with E-state index in [0.717, 1.165) is 11.1 Å². The summed E-state index contributed by atoms with van der Waals surface area (Å²) in [5.41, 5.74) is 4.52. The van der Waals surface area contributed by atoms with Gasteiger partial charge in [-0.05, 0) is 80.6 Å². The molecule has 2 aromatic heterocycles. The highest BCUT2D eigenvalue weighted by Gasteiger charge is 2.19. The molecule has 1 aliphatic heterocycles. The van der Waals surface area contributed by atoms with Gasteiger partial charge in [0, 0.05) is 28.5 Å². The fourth-order valence-corrected chi connectivity index (χ4v) is 5.28. The summed E-state index contributed by atoms with van der Waals surface area (Å²) >= 11 is 0. The lowest BCUT2D eigenvalue weighted by molar-refractivity contribution is 0.102. The van der Waals surface area contributed by atoms with Crippen LogP contribution >= 0.6 is 0 Å². The third-order valence-corrected chi connectivity index (χ3v) is 7.66. The maximum atomic E-state index is 13.5. The van der Waals surface area contributed by atoms with Crippen LogP contribution in [0.1, 0.15) is 29.0 Å². The van der Waals surface area contributed by atoms with E-state index in [-0.39, 0.29) is 31.0 Å². The first-order valence-corrected chi connectivity index (χ1v) is 13.8. The molecular weight excluding hydrogens is 542 g/mol. The highest BCUT2D eigenvalue weighted by molar-refractivity contribution is 7.92. The molecule has 1 aliphatic rings. The van der Waals surface area contributed by atoms with Gasteiger partial charge in [0.1, 0.15) is 0 Å². The quantitative estimate of drug-likeness (QED) is 0.265.